The molecule has 2 aromatic rings. The monoisotopic (exact) mass is 374 g/mol. The highest BCUT2D eigenvalue weighted by atomic mass is 16.3. The molecule has 0 bridgehead atoms. The van der Waals surface area contributed by atoms with Crippen molar-refractivity contribution in [1.82, 2.24) is 8.97 Å². The highest BCUT2D eigenvalue weighted by molar-refractivity contribution is 6.43. The van der Waals surface area contributed by atoms with Crippen LogP contribution in [0.2, 0.25) is 0 Å². The number of para-hydroxylation sites is 2. The maximum atomic E-state index is 13.9. The fourth-order valence-electron chi connectivity index (χ4n) is 3.58. The standard InChI is InChI=1S/C21H14N2O5/c24-17-11-12-18(25)22(17,15-7-3-1-4-8-15)21(28)23(16-9-5-2-6-10-16)19(26)13-14-20(23)27/h1-14H/q+2. The number of carbonyl (C=O) groups excluding carboxylic acids is 5. The second kappa shape index (κ2) is 6.12. The van der Waals surface area contributed by atoms with Gasteiger partial charge in [-0.25, -0.2) is 19.2 Å². The topological polar surface area (TPSA) is 85.3 Å². The summed E-state index contributed by atoms with van der Waals surface area (Å²) in [6, 6.07) is 14.2. The molecule has 7 heteroatoms. The Balaban J connectivity index is 2.04. The van der Waals surface area contributed by atoms with Gasteiger partial charge >= 0.3 is 29.7 Å². The van der Waals surface area contributed by atoms with E-state index in [2.05, 4.69) is 0 Å². The first-order valence-corrected chi connectivity index (χ1v) is 8.45. The number of amides is 6. The zero-order chi connectivity index (χ0) is 19.9. The molecule has 0 aromatic heterocycles. The van der Waals surface area contributed by atoms with Crippen molar-refractivity contribution in [2.24, 2.45) is 0 Å². The molecule has 0 spiro atoms. The number of benzene rings is 2. The molecule has 0 atom stereocenters. The van der Waals surface area contributed by atoms with Gasteiger partial charge < -0.3 is 0 Å². The number of carbonyl (C=O) groups is 5. The Kier molecular flexibility index (Phi) is 3.85. The second-order valence-electron chi connectivity index (χ2n) is 6.31. The van der Waals surface area contributed by atoms with Crippen molar-refractivity contribution in [1.29, 1.82) is 0 Å². The fourth-order valence-corrected chi connectivity index (χ4v) is 3.58. The summed E-state index contributed by atoms with van der Waals surface area (Å²) in [5.41, 5.74) is 0.127. The van der Waals surface area contributed by atoms with Gasteiger partial charge in [0.1, 0.15) is 0 Å². The first-order valence-electron chi connectivity index (χ1n) is 8.45. The van der Waals surface area contributed by atoms with Crippen LogP contribution < -0.4 is 8.97 Å². The van der Waals surface area contributed by atoms with Crippen molar-refractivity contribution in [3.05, 3.63) is 85.0 Å². The molecule has 4 rings (SSSR count). The van der Waals surface area contributed by atoms with Crippen molar-refractivity contribution in [3.63, 3.8) is 0 Å². The van der Waals surface area contributed by atoms with E-state index in [0.29, 0.717) is 0 Å². The summed E-state index contributed by atoms with van der Waals surface area (Å²) in [4.78, 5) is 65.4. The van der Waals surface area contributed by atoms with E-state index in [0.717, 1.165) is 24.3 Å². The largest absolute Gasteiger partial charge is 0.556 e. The maximum absolute atomic E-state index is 13.9. The van der Waals surface area contributed by atoms with Gasteiger partial charge in [0.15, 0.2) is 11.4 Å². The minimum atomic E-state index is -1.39. The maximum Gasteiger partial charge on any atom is 0.556 e. The minimum absolute atomic E-state index is 0.0634. The first kappa shape index (κ1) is 17.6. The molecule has 6 amide bonds. The summed E-state index contributed by atoms with van der Waals surface area (Å²) in [5.74, 6) is -3.33. The third-order valence-electron chi connectivity index (χ3n) is 4.92. The lowest BCUT2D eigenvalue weighted by atomic mass is 10.2. The third kappa shape index (κ3) is 2.02. The molecule has 7 nitrogen and oxygen atoms in total. The quantitative estimate of drug-likeness (QED) is 0.595. The Morgan fingerprint density at radius 2 is 0.786 bits per heavy atom. The SMILES string of the molecule is O=C1C=CC(=O)[N+]1(C(=O)[N+]1(c2ccccc2)C(=O)C=CC1=O)c1ccccc1. The van der Waals surface area contributed by atoms with Crippen LogP contribution in [-0.4, -0.2) is 29.7 Å². The fraction of sp³-hybridized carbons (Fsp3) is 0. The Bertz CT molecular complexity index is 977. The van der Waals surface area contributed by atoms with Gasteiger partial charge in [0.2, 0.25) is 0 Å². The van der Waals surface area contributed by atoms with Crippen LogP contribution in [0.25, 0.3) is 0 Å². The van der Waals surface area contributed by atoms with Gasteiger partial charge in [0.25, 0.3) is 0 Å². The number of hydrogen-bond acceptors (Lipinski definition) is 5. The molecule has 28 heavy (non-hydrogen) atoms. The van der Waals surface area contributed by atoms with Gasteiger partial charge in [-0.1, -0.05) is 36.4 Å². The minimum Gasteiger partial charge on any atom is -0.224 e. The lowest BCUT2D eigenvalue weighted by Gasteiger charge is -2.31. The lowest BCUT2D eigenvalue weighted by Crippen LogP contribution is -2.73. The summed E-state index contributed by atoms with van der Waals surface area (Å²) in [6.07, 6.45) is 3.97. The molecule has 0 radical (unpaired) electrons. The number of rotatable bonds is 2. The second-order valence-corrected chi connectivity index (χ2v) is 6.31. The first-order chi connectivity index (χ1) is 13.5. The molecule has 2 aliphatic heterocycles. The highest BCUT2D eigenvalue weighted by Gasteiger charge is 2.71. The summed E-state index contributed by atoms with van der Waals surface area (Å²) >= 11 is 0. The van der Waals surface area contributed by atoms with Crippen LogP contribution in [0, 0.1) is 0 Å². The zero-order valence-electron chi connectivity index (χ0n) is 14.5. The van der Waals surface area contributed by atoms with E-state index in [1.807, 2.05) is 0 Å². The number of quaternary nitrogens is 2. The Morgan fingerprint density at radius 1 is 0.500 bits per heavy atom. The molecule has 0 saturated carbocycles. The van der Waals surface area contributed by atoms with E-state index in [4.69, 9.17) is 0 Å². The van der Waals surface area contributed by atoms with E-state index in [1.54, 1.807) is 36.4 Å². The molecule has 0 saturated heterocycles. The van der Waals surface area contributed by atoms with E-state index in [-0.39, 0.29) is 11.4 Å². The average Bonchev–Trinajstić information content (AvgIpc) is 3.19. The molecule has 0 unspecified atom stereocenters. The molecule has 2 aromatic carbocycles. The Labute approximate surface area is 159 Å². The van der Waals surface area contributed by atoms with Crippen LogP contribution in [0.1, 0.15) is 0 Å². The number of imide groups is 6. The zero-order valence-corrected chi connectivity index (χ0v) is 14.5. The Hall–Kier alpha value is -3.81. The molecule has 0 aliphatic carbocycles. The summed E-state index contributed by atoms with van der Waals surface area (Å²) in [7, 11) is 0. The molecule has 0 fully saturated rings. The molecule has 2 aliphatic rings. The summed E-state index contributed by atoms with van der Waals surface area (Å²) in [6.45, 7) is 0. The van der Waals surface area contributed by atoms with Crippen LogP contribution in [0.4, 0.5) is 16.2 Å². The van der Waals surface area contributed by atoms with Gasteiger partial charge in [-0.3, -0.25) is 0 Å². The van der Waals surface area contributed by atoms with Crippen molar-refractivity contribution in [2.75, 3.05) is 0 Å². The van der Waals surface area contributed by atoms with Gasteiger partial charge in [-0.05, 0) is 8.97 Å². The van der Waals surface area contributed by atoms with Gasteiger partial charge in [-0.2, -0.15) is 4.79 Å². The van der Waals surface area contributed by atoms with E-state index < -0.39 is 38.6 Å². The van der Waals surface area contributed by atoms with Crippen molar-refractivity contribution >= 4 is 41.0 Å². The number of urea groups is 1. The van der Waals surface area contributed by atoms with Crippen molar-refractivity contribution < 1.29 is 24.0 Å². The van der Waals surface area contributed by atoms with E-state index in [1.165, 1.54) is 24.3 Å². The van der Waals surface area contributed by atoms with E-state index in [9.17, 15) is 24.0 Å². The highest BCUT2D eigenvalue weighted by Crippen LogP contribution is 2.38. The molecular formula is C21H14N2O5+2. The predicted molar refractivity (Wildman–Crippen MR) is 100 cm³/mol. The molecule has 136 valence electrons. The third-order valence-corrected chi connectivity index (χ3v) is 4.92. The smallest absolute Gasteiger partial charge is 0.224 e. The van der Waals surface area contributed by atoms with Crippen molar-refractivity contribution in [3.8, 4) is 0 Å². The van der Waals surface area contributed by atoms with Crippen LogP contribution >= 0.6 is 0 Å². The van der Waals surface area contributed by atoms with Gasteiger partial charge in [0, 0.05) is 24.3 Å². The van der Waals surface area contributed by atoms with Gasteiger partial charge in [-0.15, -0.1) is 0 Å². The van der Waals surface area contributed by atoms with Gasteiger partial charge in [0.05, 0.1) is 24.3 Å². The number of nitrogens with zero attached hydrogens (tertiary/aromatic N) is 2. The average molecular weight is 374 g/mol. The van der Waals surface area contributed by atoms with Crippen LogP contribution in [-0.2, 0) is 19.2 Å². The van der Waals surface area contributed by atoms with Crippen LogP contribution in [0.15, 0.2) is 85.0 Å². The molecule has 0 N–H and O–H groups in total. The number of hydrogen-bond donors (Lipinski definition) is 0. The predicted octanol–water partition coefficient (Wildman–Crippen LogP) is 2.37. The summed E-state index contributed by atoms with van der Waals surface area (Å²) in [5, 5.41) is 0. The van der Waals surface area contributed by atoms with E-state index >= 15 is 0 Å². The lowest BCUT2D eigenvalue weighted by molar-refractivity contribution is -0.136. The summed E-state index contributed by atoms with van der Waals surface area (Å²) < 4.78 is -2.79. The molecule has 2 heterocycles. The Morgan fingerprint density at radius 3 is 1.07 bits per heavy atom. The van der Waals surface area contributed by atoms with Crippen LogP contribution in [0.3, 0.4) is 0 Å². The molecular weight excluding hydrogens is 360 g/mol. The normalized spacial score (nSPS) is 19.4. The van der Waals surface area contributed by atoms with Crippen LogP contribution in [0.5, 0.6) is 0 Å². The van der Waals surface area contributed by atoms with Crippen molar-refractivity contribution in [2.45, 2.75) is 0 Å².